The first-order valence-corrected chi connectivity index (χ1v) is 5.65. The van der Waals surface area contributed by atoms with Crippen molar-refractivity contribution in [2.24, 2.45) is 11.7 Å². The van der Waals surface area contributed by atoms with Crippen LogP contribution in [0.4, 0.5) is 11.5 Å². The van der Waals surface area contributed by atoms with E-state index >= 15 is 0 Å². The van der Waals surface area contributed by atoms with E-state index in [0.717, 1.165) is 0 Å². The normalized spacial score (nSPS) is 19.3. The molecule has 1 aliphatic rings. The molecule has 0 radical (unpaired) electrons. The SMILES string of the molecule is Cc1ccnc(N2CC(CN)CC2=O)c1[N+](=O)[O-]. The summed E-state index contributed by atoms with van der Waals surface area (Å²) in [6.45, 7) is 2.42. The van der Waals surface area contributed by atoms with Crippen LogP contribution in [0.25, 0.3) is 0 Å². The summed E-state index contributed by atoms with van der Waals surface area (Å²) in [7, 11) is 0. The summed E-state index contributed by atoms with van der Waals surface area (Å²) in [4.78, 5) is 27.7. The lowest BCUT2D eigenvalue weighted by atomic mass is 10.1. The molecule has 96 valence electrons. The number of amides is 1. The number of aryl methyl sites for hydroxylation is 1. The molecule has 1 aromatic heterocycles. The lowest BCUT2D eigenvalue weighted by Gasteiger charge is -2.15. The summed E-state index contributed by atoms with van der Waals surface area (Å²) >= 11 is 0. The topological polar surface area (TPSA) is 102 Å². The summed E-state index contributed by atoms with van der Waals surface area (Å²) in [5, 5.41) is 11.1. The zero-order valence-electron chi connectivity index (χ0n) is 10.00. The minimum absolute atomic E-state index is 0.0411. The van der Waals surface area contributed by atoms with E-state index in [1.807, 2.05) is 0 Å². The average molecular weight is 250 g/mol. The Kier molecular flexibility index (Phi) is 3.24. The molecule has 1 unspecified atom stereocenters. The Morgan fingerprint density at radius 3 is 2.94 bits per heavy atom. The minimum Gasteiger partial charge on any atom is -0.330 e. The third-order valence-electron chi connectivity index (χ3n) is 3.08. The number of nitrogens with zero attached hydrogens (tertiary/aromatic N) is 3. The van der Waals surface area contributed by atoms with Gasteiger partial charge in [0, 0.05) is 24.7 Å². The van der Waals surface area contributed by atoms with E-state index in [0.29, 0.717) is 25.1 Å². The van der Waals surface area contributed by atoms with Gasteiger partial charge in [-0.2, -0.15) is 0 Å². The van der Waals surface area contributed by atoms with Crippen molar-refractivity contribution in [1.29, 1.82) is 0 Å². The molecule has 0 aromatic carbocycles. The van der Waals surface area contributed by atoms with Crippen LogP contribution in [0.5, 0.6) is 0 Å². The highest BCUT2D eigenvalue weighted by molar-refractivity contribution is 5.96. The van der Waals surface area contributed by atoms with Crippen molar-refractivity contribution in [2.75, 3.05) is 18.0 Å². The fourth-order valence-electron chi connectivity index (χ4n) is 2.10. The fraction of sp³-hybridized carbons (Fsp3) is 0.455. The second-order valence-electron chi connectivity index (χ2n) is 4.37. The van der Waals surface area contributed by atoms with Crippen LogP contribution < -0.4 is 10.6 Å². The summed E-state index contributed by atoms with van der Waals surface area (Å²) < 4.78 is 0. The highest BCUT2D eigenvalue weighted by atomic mass is 16.6. The Morgan fingerprint density at radius 1 is 1.67 bits per heavy atom. The number of aromatic nitrogens is 1. The monoisotopic (exact) mass is 250 g/mol. The molecular weight excluding hydrogens is 236 g/mol. The zero-order valence-corrected chi connectivity index (χ0v) is 10.00. The first-order chi connectivity index (χ1) is 8.54. The highest BCUT2D eigenvalue weighted by Crippen LogP contribution is 2.32. The Bertz CT molecular complexity index is 503. The number of nitrogens with two attached hydrogens (primary N) is 1. The third kappa shape index (κ3) is 2.04. The molecule has 1 atom stereocenters. The number of rotatable bonds is 3. The highest BCUT2D eigenvalue weighted by Gasteiger charge is 2.35. The van der Waals surface area contributed by atoms with Crippen LogP contribution in [0.2, 0.25) is 0 Å². The molecule has 18 heavy (non-hydrogen) atoms. The van der Waals surface area contributed by atoms with Gasteiger partial charge in [0.15, 0.2) is 0 Å². The van der Waals surface area contributed by atoms with Gasteiger partial charge in [-0.15, -0.1) is 0 Å². The van der Waals surface area contributed by atoms with Gasteiger partial charge >= 0.3 is 5.69 Å². The number of hydrogen-bond acceptors (Lipinski definition) is 5. The third-order valence-corrected chi connectivity index (χ3v) is 3.08. The van der Waals surface area contributed by atoms with Crippen molar-refractivity contribution in [3.8, 4) is 0 Å². The summed E-state index contributed by atoms with van der Waals surface area (Å²) in [6, 6.07) is 1.56. The van der Waals surface area contributed by atoms with Gasteiger partial charge in [0.05, 0.1) is 4.92 Å². The van der Waals surface area contributed by atoms with Crippen LogP contribution in [-0.4, -0.2) is 28.9 Å². The van der Waals surface area contributed by atoms with E-state index in [9.17, 15) is 14.9 Å². The molecule has 1 saturated heterocycles. The number of anilines is 1. The van der Waals surface area contributed by atoms with Crippen molar-refractivity contribution >= 4 is 17.4 Å². The van der Waals surface area contributed by atoms with Gasteiger partial charge in [-0.05, 0) is 25.5 Å². The van der Waals surface area contributed by atoms with Crippen molar-refractivity contribution in [1.82, 2.24) is 4.98 Å². The summed E-state index contributed by atoms with van der Waals surface area (Å²) in [5.41, 5.74) is 5.92. The van der Waals surface area contributed by atoms with Gasteiger partial charge in [-0.1, -0.05) is 0 Å². The number of carbonyl (C=O) groups is 1. The maximum atomic E-state index is 11.8. The lowest BCUT2D eigenvalue weighted by molar-refractivity contribution is -0.384. The molecule has 2 rings (SSSR count). The predicted octanol–water partition coefficient (Wildman–Crippen LogP) is 0.610. The van der Waals surface area contributed by atoms with Crippen LogP contribution in [0.15, 0.2) is 12.3 Å². The molecule has 7 nitrogen and oxygen atoms in total. The molecule has 1 fully saturated rings. The van der Waals surface area contributed by atoms with E-state index < -0.39 is 4.92 Å². The fourth-order valence-corrected chi connectivity index (χ4v) is 2.10. The van der Waals surface area contributed by atoms with E-state index in [1.165, 1.54) is 11.1 Å². The molecule has 0 bridgehead atoms. The molecule has 0 spiro atoms. The van der Waals surface area contributed by atoms with E-state index in [4.69, 9.17) is 5.73 Å². The molecule has 2 heterocycles. The second-order valence-corrected chi connectivity index (χ2v) is 4.37. The van der Waals surface area contributed by atoms with Crippen LogP contribution >= 0.6 is 0 Å². The van der Waals surface area contributed by atoms with Crippen molar-refractivity contribution in [2.45, 2.75) is 13.3 Å². The Balaban J connectivity index is 2.43. The van der Waals surface area contributed by atoms with Crippen LogP contribution in [-0.2, 0) is 4.79 Å². The van der Waals surface area contributed by atoms with Crippen molar-refractivity contribution < 1.29 is 9.72 Å². The largest absolute Gasteiger partial charge is 0.330 e. The first-order valence-electron chi connectivity index (χ1n) is 5.65. The molecule has 7 heteroatoms. The molecule has 2 N–H and O–H groups in total. The van der Waals surface area contributed by atoms with Gasteiger partial charge in [0.2, 0.25) is 11.7 Å². The summed E-state index contributed by atoms with van der Waals surface area (Å²) in [6.07, 6.45) is 1.80. The van der Waals surface area contributed by atoms with E-state index in [1.54, 1.807) is 13.0 Å². The lowest BCUT2D eigenvalue weighted by Crippen LogP contribution is -2.27. The van der Waals surface area contributed by atoms with Gasteiger partial charge in [-0.25, -0.2) is 4.98 Å². The maximum Gasteiger partial charge on any atom is 0.314 e. The number of hydrogen-bond donors (Lipinski definition) is 1. The van der Waals surface area contributed by atoms with Crippen LogP contribution in [0.1, 0.15) is 12.0 Å². The molecule has 1 aromatic rings. The maximum absolute atomic E-state index is 11.8. The minimum atomic E-state index is -0.499. The summed E-state index contributed by atoms with van der Waals surface area (Å²) in [5.74, 6) is 0.00650. The quantitative estimate of drug-likeness (QED) is 0.625. The predicted molar refractivity (Wildman–Crippen MR) is 65.1 cm³/mol. The smallest absolute Gasteiger partial charge is 0.314 e. The number of carbonyl (C=O) groups excluding carboxylic acids is 1. The Hall–Kier alpha value is -2.02. The van der Waals surface area contributed by atoms with Gasteiger partial charge in [0.1, 0.15) is 0 Å². The van der Waals surface area contributed by atoms with Gasteiger partial charge in [0.25, 0.3) is 0 Å². The van der Waals surface area contributed by atoms with Crippen LogP contribution in [0, 0.1) is 23.0 Å². The van der Waals surface area contributed by atoms with Crippen molar-refractivity contribution in [3.05, 3.63) is 27.9 Å². The molecular formula is C11H14N4O3. The number of nitro groups is 1. The van der Waals surface area contributed by atoms with E-state index in [2.05, 4.69) is 4.98 Å². The van der Waals surface area contributed by atoms with Gasteiger partial charge < -0.3 is 5.73 Å². The van der Waals surface area contributed by atoms with E-state index in [-0.39, 0.29) is 23.3 Å². The molecule has 0 aliphatic carbocycles. The number of pyridine rings is 1. The zero-order chi connectivity index (χ0) is 13.3. The molecule has 1 amide bonds. The first kappa shape index (κ1) is 12.4. The standard InChI is InChI=1S/C11H14N4O3/c1-7-2-3-13-11(10(7)15(17)18)14-6-8(5-12)4-9(14)16/h2-3,8H,4-6,12H2,1H3. The second kappa shape index (κ2) is 4.69. The molecule has 0 saturated carbocycles. The van der Waals surface area contributed by atoms with Crippen LogP contribution in [0.3, 0.4) is 0 Å². The van der Waals surface area contributed by atoms with Crippen molar-refractivity contribution in [3.63, 3.8) is 0 Å². The Labute approximate surface area is 104 Å². The van der Waals surface area contributed by atoms with Gasteiger partial charge in [-0.3, -0.25) is 19.8 Å². The molecule has 1 aliphatic heterocycles. The Morgan fingerprint density at radius 2 is 2.39 bits per heavy atom. The average Bonchev–Trinajstić information content (AvgIpc) is 2.69.